The first-order valence-corrected chi connectivity index (χ1v) is 6.42. The van der Waals surface area contributed by atoms with Gasteiger partial charge in [-0.1, -0.05) is 30.3 Å². The molecule has 4 heteroatoms. The molecular weight excluding hydrogens is 242 g/mol. The van der Waals surface area contributed by atoms with Crippen molar-refractivity contribution in [2.24, 2.45) is 0 Å². The highest BCUT2D eigenvalue weighted by molar-refractivity contribution is 5.68. The van der Waals surface area contributed by atoms with E-state index in [1.54, 1.807) is 20.8 Å². The summed E-state index contributed by atoms with van der Waals surface area (Å²) in [7, 11) is 0. The zero-order valence-electron chi connectivity index (χ0n) is 11.7. The van der Waals surface area contributed by atoms with Crippen LogP contribution in [0.15, 0.2) is 30.3 Å². The van der Waals surface area contributed by atoms with Gasteiger partial charge in [0, 0.05) is 0 Å². The summed E-state index contributed by atoms with van der Waals surface area (Å²) in [4.78, 5) is 11.4. The molecule has 4 nitrogen and oxygen atoms in total. The summed E-state index contributed by atoms with van der Waals surface area (Å²) in [5, 5.41) is 12.2. The van der Waals surface area contributed by atoms with Crippen LogP contribution >= 0.6 is 0 Å². The molecule has 0 spiro atoms. The molecule has 0 fully saturated rings. The molecule has 0 aliphatic carbocycles. The molecule has 2 N–H and O–H groups in total. The fraction of sp³-hybridized carbons (Fsp3) is 0.467. The van der Waals surface area contributed by atoms with Gasteiger partial charge in [-0.2, -0.15) is 0 Å². The van der Waals surface area contributed by atoms with Gasteiger partial charge in [0.2, 0.25) is 0 Å². The van der Waals surface area contributed by atoms with Crippen molar-refractivity contribution in [3.8, 4) is 0 Å². The number of hydrogen-bond donors (Lipinski definition) is 2. The van der Waals surface area contributed by atoms with E-state index in [9.17, 15) is 9.90 Å². The first kappa shape index (κ1) is 15.5. The van der Waals surface area contributed by atoms with Crippen molar-refractivity contribution in [1.82, 2.24) is 5.32 Å². The van der Waals surface area contributed by atoms with Gasteiger partial charge >= 0.3 is 6.09 Å². The van der Waals surface area contributed by atoms with Crippen molar-refractivity contribution in [3.63, 3.8) is 0 Å². The normalized spacial score (nSPS) is 12.8. The van der Waals surface area contributed by atoms with Crippen LogP contribution in [-0.4, -0.2) is 22.9 Å². The first-order chi connectivity index (χ1) is 8.87. The van der Waals surface area contributed by atoms with Gasteiger partial charge in [-0.3, -0.25) is 0 Å². The Kier molecular flexibility index (Phi) is 5.83. The zero-order valence-corrected chi connectivity index (χ0v) is 11.7. The molecule has 0 heterocycles. The topological polar surface area (TPSA) is 58.6 Å². The van der Waals surface area contributed by atoms with E-state index in [4.69, 9.17) is 4.74 Å². The largest absolute Gasteiger partial charge is 0.444 e. The van der Waals surface area contributed by atoms with E-state index < -0.39 is 17.8 Å². The molecule has 0 aliphatic heterocycles. The van der Waals surface area contributed by atoms with Crippen molar-refractivity contribution in [2.75, 3.05) is 0 Å². The number of carbonyl (C=O) groups excluding carboxylic acids is 1. The van der Waals surface area contributed by atoms with E-state index in [0.29, 0.717) is 6.42 Å². The van der Waals surface area contributed by atoms with Crippen LogP contribution < -0.4 is 5.32 Å². The second-order valence-electron chi connectivity index (χ2n) is 5.40. The SMILES string of the molecule is CC(C)(C)OC(=O)N[CH]C(O)CCc1ccccc1. The Hall–Kier alpha value is -1.55. The Bertz CT molecular complexity index is 384. The summed E-state index contributed by atoms with van der Waals surface area (Å²) in [6, 6.07) is 9.90. The molecule has 0 bridgehead atoms. The van der Waals surface area contributed by atoms with Crippen LogP contribution in [0.4, 0.5) is 4.79 Å². The zero-order chi connectivity index (χ0) is 14.3. The van der Waals surface area contributed by atoms with Crippen molar-refractivity contribution in [2.45, 2.75) is 45.3 Å². The summed E-state index contributed by atoms with van der Waals surface area (Å²) in [5.41, 5.74) is 0.625. The number of rotatable bonds is 5. The quantitative estimate of drug-likeness (QED) is 0.859. The fourth-order valence-corrected chi connectivity index (χ4v) is 1.51. The number of benzene rings is 1. The minimum atomic E-state index is -0.687. The number of alkyl carbamates (subject to hydrolysis) is 1. The average Bonchev–Trinajstić information content (AvgIpc) is 2.33. The summed E-state index contributed by atoms with van der Waals surface area (Å²) < 4.78 is 5.06. The predicted octanol–water partition coefficient (Wildman–Crippen LogP) is 2.67. The lowest BCUT2D eigenvalue weighted by molar-refractivity contribution is 0.0520. The second kappa shape index (κ2) is 7.14. The van der Waals surface area contributed by atoms with Crippen molar-refractivity contribution in [3.05, 3.63) is 42.4 Å². The van der Waals surface area contributed by atoms with Gasteiger partial charge in [-0.25, -0.2) is 4.79 Å². The highest BCUT2D eigenvalue weighted by Gasteiger charge is 2.16. The van der Waals surface area contributed by atoms with Gasteiger partial charge in [-0.05, 0) is 39.2 Å². The fourth-order valence-electron chi connectivity index (χ4n) is 1.51. The molecule has 0 saturated heterocycles. The third-order valence-corrected chi connectivity index (χ3v) is 2.36. The maximum Gasteiger partial charge on any atom is 0.408 e. The van der Waals surface area contributed by atoms with Crippen LogP contribution in [0.1, 0.15) is 32.8 Å². The lowest BCUT2D eigenvalue weighted by Gasteiger charge is -2.20. The number of aliphatic hydroxyl groups is 1. The summed E-state index contributed by atoms with van der Waals surface area (Å²) in [6.45, 7) is 6.73. The second-order valence-corrected chi connectivity index (χ2v) is 5.40. The molecule has 1 rings (SSSR count). The van der Waals surface area contributed by atoms with E-state index in [1.807, 2.05) is 30.3 Å². The van der Waals surface area contributed by atoms with Crippen LogP contribution in [0, 0.1) is 6.54 Å². The number of ether oxygens (including phenoxy) is 1. The number of amides is 1. The predicted molar refractivity (Wildman–Crippen MR) is 74.4 cm³/mol. The molecule has 1 amide bonds. The van der Waals surface area contributed by atoms with Crippen molar-refractivity contribution in [1.29, 1.82) is 0 Å². The molecule has 0 saturated carbocycles. The number of carbonyl (C=O) groups is 1. The molecule has 1 aromatic rings. The van der Waals surface area contributed by atoms with E-state index in [0.717, 1.165) is 12.0 Å². The number of nitrogens with one attached hydrogen (secondary N) is 1. The van der Waals surface area contributed by atoms with Crippen LogP contribution in [0.2, 0.25) is 0 Å². The number of hydrogen-bond acceptors (Lipinski definition) is 3. The smallest absolute Gasteiger partial charge is 0.408 e. The van der Waals surface area contributed by atoms with Gasteiger partial charge in [0.1, 0.15) is 5.60 Å². The molecule has 1 radical (unpaired) electrons. The number of aryl methyl sites for hydroxylation is 1. The van der Waals surface area contributed by atoms with Gasteiger partial charge < -0.3 is 15.2 Å². The van der Waals surface area contributed by atoms with Crippen LogP contribution in [-0.2, 0) is 11.2 Å². The number of aliphatic hydroxyl groups excluding tert-OH is 1. The third-order valence-electron chi connectivity index (χ3n) is 2.36. The molecule has 1 aromatic carbocycles. The lowest BCUT2D eigenvalue weighted by Crippen LogP contribution is -2.33. The standard InChI is InChI=1S/C15H22NO3/c1-15(2,3)19-14(18)16-11-13(17)10-9-12-7-5-4-6-8-12/h4-8,11,13,17H,9-10H2,1-3H3,(H,16,18). The van der Waals surface area contributed by atoms with Crippen molar-refractivity contribution < 1.29 is 14.6 Å². The summed E-state index contributed by atoms with van der Waals surface area (Å²) >= 11 is 0. The Morgan fingerprint density at radius 3 is 2.58 bits per heavy atom. The molecule has 0 aromatic heterocycles. The van der Waals surface area contributed by atoms with E-state index >= 15 is 0 Å². The Morgan fingerprint density at radius 1 is 1.37 bits per heavy atom. The highest BCUT2D eigenvalue weighted by atomic mass is 16.6. The highest BCUT2D eigenvalue weighted by Crippen LogP contribution is 2.08. The van der Waals surface area contributed by atoms with E-state index in [2.05, 4.69) is 5.32 Å². The lowest BCUT2D eigenvalue weighted by atomic mass is 10.1. The maximum atomic E-state index is 11.4. The van der Waals surface area contributed by atoms with Crippen LogP contribution in [0.25, 0.3) is 0 Å². The molecule has 1 atom stereocenters. The van der Waals surface area contributed by atoms with Crippen LogP contribution in [0.5, 0.6) is 0 Å². The summed E-state index contributed by atoms with van der Waals surface area (Å²) in [5.74, 6) is 0. The first-order valence-electron chi connectivity index (χ1n) is 6.42. The average molecular weight is 264 g/mol. The van der Waals surface area contributed by atoms with E-state index in [1.165, 1.54) is 6.54 Å². The minimum Gasteiger partial charge on any atom is -0.444 e. The van der Waals surface area contributed by atoms with Crippen molar-refractivity contribution >= 4 is 6.09 Å². The molecule has 105 valence electrons. The molecule has 0 aliphatic rings. The minimum absolute atomic E-state index is 0.535. The Labute approximate surface area is 114 Å². The molecule has 19 heavy (non-hydrogen) atoms. The molecular formula is C15H22NO3. The van der Waals surface area contributed by atoms with Gasteiger partial charge in [-0.15, -0.1) is 0 Å². The van der Waals surface area contributed by atoms with Gasteiger partial charge in [0.05, 0.1) is 12.6 Å². The van der Waals surface area contributed by atoms with Crippen LogP contribution in [0.3, 0.4) is 0 Å². The van der Waals surface area contributed by atoms with Gasteiger partial charge in [0.15, 0.2) is 0 Å². The Balaban J connectivity index is 2.21. The summed E-state index contributed by atoms with van der Waals surface area (Å²) in [6.07, 6.45) is 0.0768. The van der Waals surface area contributed by atoms with Gasteiger partial charge in [0.25, 0.3) is 0 Å². The molecule has 1 unspecified atom stereocenters. The maximum absolute atomic E-state index is 11.4. The third kappa shape index (κ3) is 7.47. The Morgan fingerprint density at radius 2 is 2.00 bits per heavy atom. The monoisotopic (exact) mass is 264 g/mol. The van der Waals surface area contributed by atoms with E-state index in [-0.39, 0.29) is 0 Å².